The van der Waals surface area contributed by atoms with E-state index >= 15 is 0 Å². The lowest BCUT2D eigenvalue weighted by molar-refractivity contribution is -0.122. The lowest BCUT2D eigenvalue weighted by atomic mass is 10.0. The first kappa shape index (κ1) is 11.4. The Morgan fingerprint density at radius 1 is 1.67 bits per heavy atom. The molecule has 0 bridgehead atoms. The van der Waals surface area contributed by atoms with Gasteiger partial charge in [0.25, 0.3) is 0 Å². The van der Waals surface area contributed by atoms with E-state index in [0.29, 0.717) is 0 Å². The second-order valence-electron chi connectivity index (χ2n) is 3.82. The molecule has 0 saturated carbocycles. The Morgan fingerprint density at radius 2 is 2.17 bits per heavy atom. The number of nitrogens with one attached hydrogen (secondary N) is 1. The van der Waals surface area contributed by atoms with Crippen molar-refractivity contribution in [2.24, 2.45) is 5.73 Å². The van der Waals surface area contributed by atoms with Crippen molar-refractivity contribution in [1.82, 2.24) is 5.32 Å². The standard InChI is InChI=1S/C8H18N2O2/c1-6(5-11)10-7(12)4-8(2,3)9/h6,11H,4-5,9H2,1-3H3,(H,10,12)/t6-/m0/s1. The number of rotatable bonds is 4. The average Bonchev–Trinajstić information content (AvgIpc) is 1.82. The van der Waals surface area contributed by atoms with E-state index in [0.717, 1.165) is 0 Å². The molecule has 0 aliphatic rings. The Balaban J connectivity index is 3.75. The normalized spacial score (nSPS) is 14.1. The SMILES string of the molecule is C[C@@H](CO)NC(=O)CC(C)(C)N. The van der Waals surface area contributed by atoms with Gasteiger partial charge in [-0.2, -0.15) is 0 Å². The van der Waals surface area contributed by atoms with E-state index in [1.54, 1.807) is 20.8 Å². The number of aliphatic hydroxyl groups excluding tert-OH is 1. The molecule has 1 amide bonds. The fraction of sp³-hybridized carbons (Fsp3) is 0.875. The highest BCUT2D eigenvalue weighted by atomic mass is 16.3. The number of carbonyl (C=O) groups excluding carboxylic acids is 1. The molecule has 4 nitrogen and oxygen atoms in total. The maximum absolute atomic E-state index is 11.1. The molecular formula is C8H18N2O2. The van der Waals surface area contributed by atoms with Crippen LogP contribution in [-0.2, 0) is 4.79 Å². The zero-order chi connectivity index (χ0) is 9.78. The van der Waals surface area contributed by atoms with Gasteiger partial charge in [-0.05, 0) is 20.8 Å². The molecule has 0 spiro atoms. The van der Waals surface area contributed by atoms with Crippen LogP contribution in [0.25, 0.3) is 0 Å². The van der Waals surface area contributed by atoms with Crippen LogP contribution in [0.2, 0.25) is 0 Å². The summed E-state index contributed by atoms with van der Waals surface area (Å²) in [7, 11) is 0. The van der Waals surface area contributed by atoms with Crippen LogP contribution in [0.4, 0.5) is 0 Å². The lowest BCUT2D eigenvalue weighted by Crippen LogP contribution is -2.42. The van der Waals surface area contributed by atoms with E-state index in [2.05, 4.69) is 5.32 Å². The minimum atomic E-state index is -0.487. The summed E-state index contributed by atoms with van der Waals surface area (Å²) in [6.07, 6.45) is 0.275. The Kier molecular flexibility index (Phi) is 4.20. The minimum absolute atomic E-state index is 0.0449. The fourth-order valence-corrected chi connectivity index (χ4v) is 0.785. The largest absolute Gasteiger partial charge is 0.394 e. The van der Waals surface area contributed by atoms with Crippen LogP contribution in [0.5, 0.6) is 0 Å². The Hall–Kier alpha value is -0.610. The van der Waals surface area contributed by atoms with Gasteiger partial charge >= 0.3 is 0 Å². The summed E-state index contributed by atoms with van der Waals surface area (Å²) in [4.78, 5) is 11.1. The molecule has 1 atom stereocenters. The summed E-state index contributed by atoms with van der Waals surface area (Å²) in [5.74, 6) is -0.121. The van der Waals surface area contributed by atoms with Gasteiger partial charge in [-0.3, -0.25) is 4.79 Å². The summed E-state index contributed by atoms with van der Waals surface area (Å²) in [5, 5.41) is 11.3. The highest BCUT2D eigenvalue weighted by Gasteiger charge is 2.16. The Morgan fingerprint density at radius 3 is 2.50 bits per heavy atom. The highest BCUT2D eigenvalue weighted by molar-refractivity contribution is 5.77. The molecule has 0 fully saturated rings. The van der Waals surface area contributed by atoms with Crippen LogP contribution in [-0.4, -0.2) is 29.2 Å². The van der Waals surface area contributed by atoms with Gasteiger partial charge in [0.1, 0.15) is 0 Å². The van der Waals surface area contributed by atoms with E-state index in [-0.39, 0.29) is 25.0 Å². The second kappa shape index (κ2) is 4.42. The van der Waals surface area contributed by atoms with E-state index in [4.69, 9.17) is 10.8 Å². The van der Waals surface area contributed by atoms with Crippen molar-refractivity contribution in [3.8, 4) is 0 Å². The lowest BCUT2D eigenvalue weighted by Gasteiger charge is -2.19. The first-order valence-electron chi connectivity index (χ1n) is 4.04. The van der Waals surface area contributed by atoms with Crippen molar-refractivity contribution in [3.05, 3.63) is 0 Å². The summed E-state index contributed by atoms with van der Waals surface area (Å²) < 4.78 is 0. The predicted octanol–water partition coefficient (Wildman–Crippen LogP) is -0.389. The van der Waals surface area contributed by atoms with E-state index < -0.39 is 5.54 Å². The van der Waals surface area contributed by atoms with Crippen molar-refractivity contribution in [2.45, 2.75) is 38.8 Å². The van der Waals surface area contributed by atoms with Crippen LogP contribution in [0, 0.1) is 0 Å². The zero-order valence-electron chi connectivity index (χ0n) is 7.92. The number of amides is 1. The molecule has 0 aromatic carbocycles. The summed E-state index contributed by atoms with van der Waals surface area (Å²) in [5.41, 5.74) is 5.14. The van der Waals surface area contributed by atoms with Crippen molar-refractivity contribution >= 4 is 5.91 Å². The highest BCUT2D eigenvalue weighted by Crippen LogP contribution is 2.02. The summed E-state index contributed by atoms with van der Waals surface area (Å²) in [6, 6.07) is -0.195. The molecule has 0 heterocycles. The number of hydrogen-bond donors (Lipinski definition) is 3. The molecule has 72 valence electrons. The van der Waals surface area contributed by atoms with Crippen LogP contribution >= 0.6 is 0 Å². The molecule has 0 rings (SSSR count). The van der Waals surface area contributed by atoms with E-state index in [1.807, 2.05) is 0 Å². The monoisotopic (exact) mass is 174 g/mol. The minimum Gasteiger partial charge on any atom is -0.394 e. The Labute approximate surface area is 73.1 Å². The predicted molar refractivity (Wildman–Crippen MR) is 47.6 cm³/mol. The molecule has 4 heteroatoms. The first-order chi connectivity index (χ1) is 5.35. The molecule has 0 aliphatic heterocycles. The maximum Gasteiger partial charge on any atom is 0.222 e. The molecule has 0 saturated heterocycles. The third kappa shape index (κ3) is 6.12. The van der Waals surface area contributed by atoms with Gasteiger partial charge in [-0.15, -0.1) is 0 Å². The molecule has 0 aromatic rings. The van der Waals surface area contributed by atoms with Crippen molar-refractivity contribution in [3.63, 3.8) is 0 Å². The van der Waals surface area contributed by atoms with E-state index in [9.17, 15) is 4.79 Å². The van der Waals surface area contributed by atoms with Gasteiger partial charge in [-0.25, -0.2) is 0 Å². The molecule has 0 aromatic heterocycles. The van der Waals surface area contributed by atoms with Crippen LogP contribution in [0.15, 0.2) is 0 Å². The van der Waals surface area contributed by atoms with Crippen molar-refractivity contribution in [1.29, 1.82) is 0 Å². The van der Waals surface area contributed by atoms with Crippen molar-refractivity contribution < 1.29 is 9.90 Å². The maximum atomic E-state index is 11.1. The fourth-order valence-electron chi connectivity index (χ4n) is 0.785. The number of carbonyl (C=O) groups is 1. The van der Waals surface area contributed by atoms with Crippen LogP contribution in [0.1, 0.15) is 27.2 Å². The van der Waals surface area contributed by atoms with Crippen molar-refractivity contribution in [2.75, 3.05) is 6.61 Å². The van der Waals surface area contributed by atoms with Crippen LogP contribution in [0.3, 0.4) is 0 Å². The van der Waals surface area contributed by atoms with E-state index in [1.165, 1.54) is 0 Å². The smallest absolute Gasteiger partial charge is 0.222 e. The molecule has 0 radical (unpaired) electrons. The van der Waals surface area contributed by atoms with Gasteiger partial charge in [0.05, 0.1) is 6.61 Å². The average molecular weight is 174 g/mol. The molecule has 4 N–H and O–H groups in total. The van der Waals surface area contributed by atoms with Crippen LogP contribution < -0.4 is 11.1 Å². The first-order valence-corrected chi connectivity index (χ1v) is 4.04. The summed E-state index contributed by atoms with van der Waals surface area (Å²) >= 11 is 0. The summed E-state index contributed by atoms with van der Waals surface area (Å²) in [6.45, 7) is 5.27. The topological polar surface area (TPSA) is 75.3 Å². The van der Waals surface area contributed by atoms with Gasteiger partial charge in [0, 0.05) is 18.0 Å². The quantitative estimate of drug-likeness (QED) is 0.543. The van der Waals surface area contributed by atoms with Gasteiger partial charge in [-0.1, -0.05) is 0 Å². The zero-order valence-corrected chi connectivity index (χ0v) is 7.92. The molecule has 0 aliphatic carbocycles. The molecule has 0 unspecified atom stereocenters. The van der Waals surface area contributed by atoms with Gasteiger partial charge in [0.2, 0.25) is 5.91 Å². The Bertz CT molecular complexity index is 152. The third-order valence-electron chi connectivity index (χ3n) is 1.30. The van der Waals surface area contributed by atoms with Gasteiger partial charge in [0.15, 0.2) is 0 Å². The molecule has 12 heavy (non-hydrogen) atoms. The molecular weight excluding hydrogens is 156 g/mol. The number of nitrogens with two attached hydrogens (primary N) is 1. The number of hydrogen-bond acceptors (Lipinski definition) is 3. The second-order valence-corrected chi connectivity index (χ2v) is 3.82. The number of aliphatic hydroxyl groups is 1. The van der Waals surface area contributed by atoms with Gasteiger partial charge < -0.3 is 16.2 Å². The third-order valence-corrected chi connectivity index (χ3v) is 1.30.